The highest BCUT2D eigenvalue weighted by Gasteiger charge is 2.14. The third-order valence-corrected chi connectivity index (χ3v) is 2.56. The Morgan fingerprint density at radius 3 is 3.00 bits per heavy atom. The van der Waals surface area contributed by atoms with Crippen molar-refractivity contribution in [1.29, 1.82) is 0 Å². The zero-order valence-electron chi connectivity index (χ0n) is 9.92. The van der Waals surface area contributed by atoms with Crippen molar-refractivity contribution in [3.63, 3.8) is 0 Å². The van der Waals surface area contributed by atoms with E-state index < -0.39 is 6.03 Å². The molecule has 18 heavy (non-hydrogen) atoms. The molecule has 0 fully saturated rings. The molecule has 0 saturated heterocycles. The zero-order chi connectivity index (χ0) is 13.0. The van der Waals surface area contributed by atoms with Crippen molar-refractivity contribution in [2.24, 2.45) is 4.99 Å². The molecule has 0 bridgehead atoms. The van der Waals surface area contributed by atoms with E-state index >= 15 is 0 Å². The Bertz CT molecular complexity index is 511. The summed E-state index contributed by atoms with van der Waals surface area (Å²) < 4.78 is 0. The lowest BCUT2D eigenvalue weighted by molar-refractivity contribution is -0.0502. The molecule has 2 rings (SSSR count). The number of hydroxylamine groups is 1. The van der Waals surface area contributed by atoms with Crippen LogP contribution in [-0.2, 0) is 6.42 Å². The number of hydrazine groups is 1. The second-order valence-corrected chi connectivity index (χ2v) is 3.74. The van der Waals surface area contributed by atoms with Gasteiger partial charge in [0.25, 0.3) is 0 Å². The Balaban J connectivity index is 2.15. The number of nitrogens with zero attached hydrogens (tertiary/aromatic N) is 2. The Kier molecular flexibility index (Phi) is 3.59. The van der Waals surface area contributed by atoms with Crippen LogP contribution in [0.2, 0.25) is 0 Å². The van der Waals surface area contributed by atoms with Crippen LogP contribution in [0, 0.1) is 0 Å². The standard InChI is InChI=1S/C12H14N4O2/c1-13-12(17)15-16(18)11-8-10-5-3-2-4-9(10)6-7-14-11/h2-7,18H,8H2,1H3,(H2,13,15,17). The fourth-order valence-corrected chi connectivity index (χ4v) is 1.62. The van der Waals surface area contributed by atoms with Crippen LogP contribution in [0.25, 0.3) is 6.08 Å². The van der Waals surface area contributed by atoms with Crippen molar-refractivity contribution in [3.05, 3.63) is 41.6 Å². The Morgan fingerprint density at radius 1 is 1.44 bits per heavy atom. The molecule has 0 unspecified atom stereocenters. The Hall–Kier alpha value is -2.34. The van der Waals surface area contributed by atoms with Gasteiger partial charge in [-0.2, -0.15) is 0 Å². The summed E-state index contributed by atoms with van der Waals surface area (Å²) in [6.07, 6.45) is 3.88. The van der Waals surface area contributed by atoms with Gasteiger partial charge in [0.1, 0.15) is 0 Å². The maximum absolute atomic E-state index is 11.1. The van der Waals surface area contributed by atoms with Crippen LogP contribution in [-0.4, -0.2) is 29.3 Å². The van der Waals surface area contributed by atoms with Crippen molar-refractivity contribution in [2.75, 3.05) is 7.05 Å². The fourth-order valence-electron chi connectivity index (χ4n) is 1.62. The maximum Gasteiger partial charge on any atom is 0.335 e. The number of carbonyl (C=O) groups excluding carboxylic acids is 1. The molecule has 0 aromatic heterocycles. The van der Waals surface area contributed by atoms with E-state index in [9.17, 15) is 10.0 Å². The van der Waals surface area contributed by atoms with Gasteiger partial charge in [0, 0.05) is 19.7 Å². The minimum atomic E-state index is -0.512. The van der Waals surface area contributed by atoms with E-state index in [1.165, 1.54) is 7.05 Å². The van der Waals surface area contributed by atoms with Gasteiger partial charge in [-0.3, -0.25) is 5.21 Å². The summed E-state index contributed by atoms with van der Waals surface area (Å²) in [4.78, 5) is 15.2. The number of urea groups is 1. The van der Waals surface area contributed by atoms with Crippen LogP contribution in [0.15, 0.2) is 35.5 Å². The molecule has 0 spiro atoms. The monoisotopic (exact) mass is 246 g/mol. The number of hydrogen-bond donors (Lipinski definition) is 3. The van der Waals surface area contributed by atoms with E-state index in [0.717, 1.165) is 11.1 Å². The van der Waals surface area contributed by atoms with Crippen molar-refractivity contribution in [2.45, 2.75) is 6.42 Å². The highest BCUT2D eigenvalue weighted by molar-refractivity contribution is 5.88. The molecule has 3 N–H and O–H groups in total. The summed E-state index contributed by atoms with van der Waals surface area (Å²) in [5.74, 6) is 0.347. The number of aliphatic imine (C=N–C) groups is 1. The molecule has 0 saturated carbocycles. The van der Waals surface area contributed by atoms with Crippen molar-refractivity contribution < 1.29 is 10.0 Å². The van der Waals surface area contributed by atoms with E-state index in [-0.39, 0.29) is 0 Å². The third kappa shape index (κ3) is 2.67. The topological polar surface area (TPSA) is 77.0 Å². The van der Waals surface area contributed by atoms with E-state index in [1.54, 1.807) is 6.20 Å². The SMILES string of the molecule is CNC(=O)NN(O)C1=NC=Cc2ccccc2C1. The number of fused-ring (bicyclic) bond motifs is 1. The first-order chi connectivity index (χ1) is 8.70. The van der Waals surface area contributed by atoms with Gasteiger partial charge < -0.3 is 5.32 Å². The molecular weight excluding hydrogens is 232 g/mol. The number of amidine groups is 1. The molecule has 94 valence electrons. The molecular formula is C12H14N4O2. The summed E-state index contributed by atoms with van der Waals surface area (Å²) in [5, 5.41) is 12.7. The van der Waals surface area contributed by atoms with Gasteiger partial charge in [-0.15, -0.1) is 5.17 Å². The smallest absolute Gasteiger partial charge is 0.335 e. The molecule has 1 aliphatic rings. The molecule has 0 aliphatic carbocycles. The van der Waals surface area contributed by atoms with Crippen molar-refractivity contribution in [1.82, 2.24) is 15.9 Å². The quantitative estimate of drug-likeness (QED) is 0.601. The minimum Gasteiger partial charge on any atom is -0.340 e. The van der Waals surface area contributed by atoms with Crippen LogP contribution in [0.1, 0.15) is 11.1 Å². The molecule has 6 heteroatoms. The second kappa shape index (κ2) is 5.33. The molecule has 1 aromatic carbocycles. The van der Waals surface area contributed by atoms with E-state index in [1.807, 2.05) is 30.3 Å². The van der Waals surface area contributed by atoms with Gasteiger partial charge >= 0.3 is 6.03 Å². The number of benzene rings is 1. The molecule has 0 atom stereocenters. The summed E-state index contributed by atoms with van der Waals surface area (Å²) >= 11 is 0. The highest BCUT2D eigenvalue weighted by Crippen LogP contribution is 2.15. The average Bonchev–Trinajstić information content (AvgIpc) is 2.60. The van der Waals surface area contributed by atoms with E-state index in [2.05, 4.69) is 15.7 Å². The Morgan fingerprint density at radius 2 is 2.22 bits per heavy atom. The average molecular weight is 246 g/mol. The lowest BCUT2D eigenvalue weighted by Gasteiger charge is -2.18. The van der Waals surface area contributed by atoms with Crippen LogP contribution >= 0.6 is 0 Å². The summed E-state index contributed by atoms with van der Waals surface area (Å²) in [6.45, 7) is 0. The van der Waals surface area contributed by atoms with Crippen LogP contribution in [0.4, 0.5) is 4.79 Å². The number of carbonyl (C=O) groups is 1. The van der Waals surface area contributed by atoms with E-state index in [4.69, 9.17) is 0 Å². The molecule has 2 amide bonds. The highest BCUT2D eigenvalue weighted by atomic mass is 16.5. The van der Waals surface area contributed by atoms with Gasteiger partial charge in [-0.1, -0.05) is 24.3 Å². The zero-order valence-corrected chi connectivity index (χ0v) is 9.92. The molecule has 1 heterocycles. The Labute approximate surface area is 105 Å². The normalized spacial score (nSPS) is 13.1. The first kappa shape index (κ1) is 12.1. The van der Waals surface area contributed by atoms with Gasteiger partial charge in [-0.05, 0) is 17.2 Å². The molecule has 0 radical (unpaired) electrons. The van der Waals surface area contributed by atoms with Gasteiger partial charge in [0.05, 0.1) is 0 Å². The van der Waals surface area contributed by atoms with Crippen molar-refractivity contribution >= 4 is 17.9 Å². The van der Waals surface area contributed by atoms with Gasteiger partial charge in [0.2, 0.25) is 0 Å². The van der Waals surface area contributed by atoms with E-state index in [0.29, 0.717) is 17.4 Å². The first-order valence-electron chi connectivity index (χ1n) is 5.49. The number of nitrogens with one attached hydrogen (secondary N) is 2. The number of rotatable bonds is 0. The number of amides is 2. The van der Waals surface area contributed by atoms with Crippen molar-refractivity contribution in [3.8, 4) is 0 Å². The largest absolute Gasteiger partial charge is 0.340 e. The summed E-state index contributed by atoms with van der Waals surface area (Å²) in [5.41, 5.74) is 4.31. The lowest BCUT2D eigenvalue weighted by Crippen LogP contribution is -2.48. The summed E-state index contributed by atoms with van der Waals surface area (Å²) in [6, 6.07) is 7.27. The maximum atomic E-state index is 11.1. The first-order valence-corrected chi connectivity index (χ1v) is 5.49. The minimum absolute atomic E-state index is 0.347. The predicted octanol–water partition coefficient (Wildman–Crippen LogP) is 1.15. The van der Waals surface area contributed by atoms with Crippen LogP contribution < -0.4 is 10.7 Å². The molecule has 1 aliphatic heterocycles. The predicted molar refractivity (Wildman–Crippen MR) is 67.8 cm³/mol. The second-order valence-electron chi connectivity index (χ2n) is 3.74. The van der Waals surface area contributed by atoms with Crippen LogP contribution in [0.5, 0.6) is 0 Å². The molecule has 1 aromatic rings. The van der Waals surface area contributed by atoms with Crippen LogP contribution in [0.3, 0.4) is 0 Å². The van der Waals surface area contributed by atoms with Gasteiger partial charge in [0.15, 0.2) is 5.84 Å². The molecule has 6 nitrogen and oxygen atoms in total. The number of hydrogen-bond acceptors (Lipinski definition) is 4. The fraction of sp³-hybridized carbons (Fsp3) is 0.167. The third-order valence-electron chi connectivity index (χ3n) is 2.56. The summed E-state index contributed by atoms with van der Waals surface area (Å²) in [7, 11) is 1.47. The van der Waals surface area contributed by atoms with Gasteiger partial charge in [-0.25, -0.2) is 15.2 Å². The lowest BCUT2D eigenvalue weighted by atomic mass is 10.0.